The van der Waals surface area contributed by atoms with Crippen molar-refractivity contribution >= 4 is 35.4 Å². The molecule has 2 aromatic rings. The lowest BCUT2D eigenvalue weighted by Gasteiger charge is -2.13. The summed E-state index contributed by atoms with van der Waals surface area (Å²) in [5.41, 5.74) is 2.06. The van der Waals surface area contributed by atoms with Crippen LogP contribution in [0.1, 0.15) is 36.7 Å². The lowest BCUT2D eigenvalue weighted by molar-refractivity contribution is -0.139. The Morgan fingerprint density at radius 2 is 1.67 bits per heavy atom. The van der Waals surface area contributed by atoms with E-state index in [2.05, 4.69) is 16.0 Å². The van der Waals surface area contributed by atoms with Crippen LogP contribution in [0, 0.1) is 0 Å². The third-order valence-corrected chi connectivity index (χ3v) is 5.21. The van der Waals surface area contributed by atoms with Crippen molar-refractivity contribution in [1.29, 1.82) is 0 Å². The van der Waals surface area contributed by atoms with Crippen LogP contribution in [-0.2, 0) is 16.1 Å². The molecular weight excluding hydrogens is 402 g/mol. The maximum atomic E-state index is 12.7. The van der Waals surface area contributed by atoms with Crippen molar-refractivity contribution in [1.82, 2.24) is 10.6 Å². The number of amides is 3. The molecular formula is C22H27N3O4S. The van der Waals surface area contributed by atoms with Gasteiger partial charge in [-0.1, -0.05) is 24.3 Å². The second-order valence-electron chi connectivity index (χ2n) is 6.91. The standard InChI is InChI=1S/C22H27N3O4S/c1-14(2)24-22(28)25-17-11-9-16(10-12-17)13-23-20(26)18-7-5-6-8-19(18)30-15(3)21(27)29-4/h5-12,14-15H,13H2,1-4H3,(H,23,26)(H2,24,25,28). The minimum Gasteiger partial charge on any atom is -0.468 e. The molecule has 3 amide bonds. The molecule has 0 saturated heterocycles. The fourth-order valence-electron chi connectivity index (χ4n) is 2.57. The molecule has 0 bridgehead atoms. The number of esters is 1. The summed E-state index contributed by atoms with van der Waals surface area (Å²) >= 11 is 1.28. The molecule has 0 radical (unpaired) electrons. The Balaban J connectivity index is 1.96. The number of thioether (sulfide) groups is 1. The Morgan fingerprint density at radius 3 is 2.30 bits per heavy atom. The van der Waals surface area contributed by atoms with E-state index in [1.807, 2.05) is 38.1 Å². The first-order valence-corrected chi connectivity index (χ1v) is 10.5. The van der Waals surface area contributed by atoms with Gasteiger partial charge in [0.25, 0.3) is 5.91 Å². The predicted octanol–water partition coefficient (Wildman–Crippen LogP) is 3.80. The van der Waals surface area contributed by atoms with Gasteiger partial charge in [-0.05, 0) is 50.6 Å². The molecule has 0 saturated carbocycles. The molecule has 0 aromatic heterocycles. The topological polar surface area (TPSA) is 96.5 Å². The zero-order valence-electron chi connectivity index (χ0n) is 17.5. The van der Waals surface area contributed by atoms with Crippen LogP contribution in [0.15, 0.2) is 53.4 Å². The van der Waals surface area contributed by atoms with Crippen LogP contribution in [0.3, 0.4) is 0 Å². The molecule has 8 heteroatoms. The van der Waals surface area contributed by atoms with E-state index in [1.54, 1.807) is 31.2 Å². The quantitative estimate of drug-likeness (QED) is 0.438. The van der Waals surface area contributed by atoms with Gasteiger partial charge in [0.2, 0.25) is 0 Å². The Bertz CT molecular complexity index is 884. The number of benzene rings is 2. The highest BCUT2D eigenvalue weighted by atomic mass is 32.2. The molecule has 7 nitrogen and oxygen atoms in total. The van der Waals surface area contributed by atoms with Gasteiger partial charge in [-0.3, -0.25) is 9.59 Å². The lowest BCUT2D eigenvalue weighted by atomic mass is 10.2. The van der Waals surface area contributed by atoms with Gasteiger partial charge < -0.3 is 20.7 Å². The number of hydrogen-bond acceptors (Lipinski definition) is 5. The number of ether oxygens (including phenoxy) is 1. The van der Waals surface area contributed by atoms with Crippen molar-refractivity contribution in [3.05, 3.63) is 59.7 Å². The van der Waals surface area contributed by atoms with Gasteiger partial charge in [0.15, 0.2) is 0 Å². The molecule has 2 rings (SSSR count). The van der Waals surface area contributed by atoms with Gasteiger partial charge in [-0.15, -0.1) is 11.8 Å². The van der Waals surface area contributed by atoms with Gasteiger partial charge in [0.05, 0.1) is 12.7 Å². The molecule has 0 spiro atoms. The van der Waals surface area contributed by atoms with Crippen molar-refractivity contribution in [3.63, 3.8) is 0 Å². The highest BCUT2D eigenvalue weighted by Crippen LogP contribution is 2.27. The van der Waals surface area contributed by atoms with Gasteiger partial charge in [0.1, 0.15) is 5.25 Å². The molecule has 0 aliphatic carbocycles. The van der Waals surface area contributed by atoms with E-state index in [1.165, 1.54) is 18.9 Å². The summed E-state index contributed by atoms with van der Waals surface area (Å²) in [7, 11) is 1.34. The molecule has 0 fully saturated rings. The van der Waals surface area contributed by atoms with Crippen LogP contribution in [0.4, 0.5) is 10.5 Å². The Hall–Kier alpha value is -3.00. The van der Waals surface area contributed by atoms with Crippen molar-refractivity contribution in [3.8, 4) is 0 Å². The van der Waals surface area contributed by atoms with E-state index in [-0.39, 0.29) is 23.9 Å². The number of rotatable bonds is 8. The van der Waals surface area contributed by atoms with Crippen molar-refractivity contribution in [2.24, 2.45) is 0 Å². The maximum absolute atomic E-state index is 12.7. The average molecular weight is 430 g/mol. The number of anilines is 1. The third-order valence-electron chi connectivity index (χ3n) is 4.05. The summed E-state index contributed by atoms with van der Waals surface area (Å²) in [6.07, 6.45) is 0. The van der Waals surface area contributed by atoms with Crippen molar-refractivity contribution < 1.29 is 19.1 Å². The lowest BCUT2D eigenvalue weighted by Crippen LogP contribution is -2.34. The van der Waals surface area contributed by atoms with Crippen LogP contribution in [0.5, 0.6) is 0 Å². The first-order valence-electron chi connectivity index (χ1n) is 9.58. The summed E-state index contributed by atoms with van der Waals surface area (Å²) in [6, 6.07) is 14.2. The first-order chi connectivity index (χ1) is 14.3. The maximum Gasteiger partial charge on any atom is 0.319 e. The minimum atomic E-state index is -0.420. The fraction of sp³-hybridized carbons (Fsp3) is 0.318. The van der Waals surface area contributed by atoms with Crippen LogP contribution >= 0.6 is 11.8 Å². The van der Waals surface area contributed by atoms with E-state index in [4.69, 9.17) is 4.74 Å². The Kier molecular flexibility index (Phi) is 8.73. The number of carbonyl (C=O) groups excluding carboxylic acids is 3. The molecule has 0 aliphatic rings. The normalized spacial score (nSPS) is 11.5. The predicted molar refractivity (Wildman–Crippen MR) is 119 cm³/mol. The highest BCUT2D eigenvalue weighted by molar-refractivity contribution is 8.00. The number of hydrogen-bond donors (Lipinski definition) is 3. The third kappa shape index (κ3) is 7.11. The minimum absolute atomic E-state index is 0.0520. The van der Waals surface area contributed by atoms with Gasteiger partial charge in [-0.2, -0.15) is 0 Å². The molecule has 30 heavy (non-hydrogen) atoms. The van der Waals surface area contributed by atoms with E-state index in [0.717, 1.165) is 5.56 Å². The Morgan fingerprint density at radius 1 is 1.00 bits per heavy atom. The molecule has 0 heterocycles. The van der Waals surface area contributed by atoms with E-state index in [0.29, 0.717) is 22.7 Å². The zero-order chi connectivity index (χ0) is 22.1. The van der Waals surface area contributed by atoms with Crippen LogP contribution < -0.4 is 16.0 Å². The average Bonchev–Trinajstić information content (AvgIpc) is 2.72. The summed E-state index contributed by atoms with van der Waals surface area (Å²) in [4.78, 5) is 36.8. The molecule has 3 N–H and O–H groups in total. The van der Waals surface area contributed by atoms with Crippen LogP contribution in [0.25, 0.3) is 0 Å². The van der Waals surface area contributed by atoms with Crippen molar-refractivity contribution in [2.75, 3.05) is 12.4 Å². The van der Waals surface area contributed by atoms with Gasteiger partial charge in [0, 0.05) is 23.2 Å². The molecule has 1 atom stereocenters. The van der Waals surface area contributed by atoms with E-state index >= 15 is 0 Å². The largest absolute Gasteiger partial charge is 0.468 e. The number of methoxy groups -OCH3 is 1. The molecule has 160 valence electrons. The second-order valence-corrected chi connectivity index (χ2v) is 8.29. The summed E-state index contributed by atoms with van der Waals surface area (Å²) < 4.78 is 4.75. The van der Waals surface area contributed by atoms with Crippen LogP contribution in [-0.4, -0.2) is 36.3 Å². The monoisotopic (exact) mass is 429 g/mol. The van der Waals surface area contributed by atoms with E-state index < -0.39 is 5.25 Å². The van der Waals surface area contributed by atoms with Crippen molar-refractivity contribution in [2.45, 2.75) is 43.5 Å². The number of nitrogens with one attached hydrogen (secondary N) is 3. The van der Waals surface area contributed by atoms with E-state index in [9.17, 15) is 14.4 Å². The fourth-order valence-corrected chi connectivity index (χ4v) is 3.59. The first kappa shape index (κ1) is 23.3. The number of carbonyl (C=O) groups is 3. The smallest absolute Gasteiger partial charge is 0.319 e. The highest BCUT2D eigenvalue weighted by Gasteiger charge is 2.18. The second kappa shape index (κ2) is 11.3. The summed E-state index contributed by atoms with van der Waals surface area (Å²) in [5.74, 6) is -0.570. The summed E-state index contributed by atoms with van der Waals surface area (Å²) in [5, 5.41) is 7.98. The Labute approximate surface area is 181 Å². The molecule has 1 unspecified atom stereocenters. The van der Waals surface area contributed by atoms with Gasteiger partial charge in [-0.25, -0.2) is 4.79 Å². The molecule has 2 aromatic carbocycles. The zero-order valence-corrected chi connectivity index (χ0v) is 18.3. The SMILES string of the molecule is COC(=O)C(C)Sc1ccccc1C(=O)NCc1ccc(NC(=O)NC(C)C)cc1. The number of urea groups is 1. The summed E-state index contributed by atoms with van der Waals surface area (Å²) in [6.45, 7) is 5.85. The van der Waals surface area contributed by atoms with Gasteiger partial charge >= 0.3 is 12.0 Å². The molecule has 0 aliphatic heterocycles. The van der Waals surface area contributed by atoms with Crippen LogP contribution in [0.2, 0.25) is 0 Å².